The zero-order chi connectivity index (χ0) is 15.0. The van der Waals surface area contributed by atoms with Crippen LogP contribution in [0.15, 0.2) is 42.0 Å². The maximum Gasteiger partial charge on any atom is 0.200 e. The molecule has 4 nitrogen and oxygen atoms in total. The maximum atomic E-state index is 12.9. The molecule has 3 rings (SSSR count). The van der Waals surface area contributed by atoms with Crippen LogP contribution in [0.2, 0.25) is 0 Å². The molecule has 0 atom stereocenters. The molecule has 1 heterocycles. The van der Waals surface area contributed by atoms with E-state index in [4.69, 9.17) is 4.74 Å². The minimum Gasteiger partial charge on any atom is -0.504 e. The summed E-state index contributed by atoms with van der Waals surface area (Å²) in [6.45, 7) is 0.0490. The van der Waals surface area contributed by atoms with Gasteiger partial charge in [0.05, 0.1) is 0 Å². The number of aromatic hydroxyl groups is 2. The van der Waals surface area contributed by atoms with Crippen LogP contribution in [0, 0.1) is 5.82 Å². The third-order valence-corrected chi connectivity index (χ3v) is 3.23. The molecule has 1 aliphatic heterocycles. The fourth-order valence-electron chi connectivity index (χ4n) is 2.15. The van der Waals surface area contributed by atoms with Crippen LogP contribution in [0.1, 0.15) is 15.9 Å². The normalized spacial score (nSPS) is 15.7. The highest BCUT2D eigenvalue weighted by Crippen LogP contribution is 2.39. The van der Waals surface area contributed by atoms with Gasteiger partial charge in [0.15, 0.2) is 17.3 Å². The largest absolute Gasteiger partial charge is 0.504 e. The van der Waals surface area contributed by atoms with Gasteiger partial charge in [0, 0.05) is 5.57 Å². The van der Waals surface area contributed by atoms with E-state index in [1.807, 2.05) is 0 Å². The summed E-state index contributed by atoms with van der Waals surface area (Å²) in [7, 11) is 0. The average molecular weight is 286 g/mol. The minimum atomic E-state index is -0.498. The Hall–Kier alpha value is -2.82. The van der Waals surface area contributed by atoms with E-state index >= 15 is 0 Å². The molecule has 1 aliphatic rings. The smallest absolute Gasteiger partial charge is 0.200 e. The van der Waals surface area contributed by atoms with Crippen molar-refractivity contribution in [2.45, 2.75) is 0 Å². The molecular formula is C16H11FO4. The van der Waals surface area contributed by atoms with Gasteiger partial charge in [-0.2, -0.15) is 0 Å². The second-order valence-corrected chi connectivity index (χ2v) is 4.65. The number of rotatable bonds is 1. The first-order valence-electron chi connectivity index (χ1n) is 6.25. The molecule has 0 aromatic heterocycles. The van der Waals surface area contributed by atoms with Crippen LogP contribution in [0.4, 0.5) is 4.39 Å². The van der Waals surface area contributed by atoms with Gasteiger partial charge in [0.1, 0.15) is 23.7 Å². The van der Waals surface area contributed by atoms with Crippen LogP contribution in [0.25, 0.3) is 6.08 Å². The molecule has 2 aromatic rings. The number of phenols is 2. The molecule has 106 valence electrons. The molecule has 0 saturated carbocycles. The average Bonchev–Trinajstić information content (AvgIpc) is 2.48. The number of fused-ring (bicyclic) bond motifs is 1. The number of hydrogen-bond acceptors (Lipinski definition) is 4. The Morgan fingerprint density at radius 2 is 1.81 bits per heavy atom. The van der Waals surface area contributed by atoms with Crippen molar-refractivity contribution < 1.29 is 24.1 Å². The fourth-order valence-corrected chi connectivity index (χ4v) is 2.15. The van der Waals surface area contributed by atoms with Crippen molar-refractivity contribution in [3.63, 3.8) is 0 Å². The quantitative estimate of drug-likeness (QED) is 0.625. The zero-order valence-electron chi connectivity index (χ0n) is 10.8. The van der Waals surface area contributed by atoms with E-state index in [1.165, 1.54) is 36.4 Å². The van der Waals surface area contributed by atoms with Crippen molar-refractivity contribution >= 4 is 11.9 Å². The standard InChI is InChI=1S/C16H11FO4/c17-11-3-1-9(2-4-11)7-10-8-21-13-6-5-12(18)16(20)14(13)15(10)19/h1-7,18,20H,8H2/b10-7+. The van der Waals surface area contributed by atoms with E-state index in [0.29, 0.717) is 11.1 Å². The second-order valence-electron chi connectivity index (χ2n) is 4.65. The van der Waals surface area contributed by atoms with Gasteiger partial charge < -0.3 is 14.9 Å². The van der Waals surface area contributed by atoms with Crippen molar-refractivity contribution in [1.29, 1.82) is 0 Å². The van der Waals surface area contributed by atoms with Gasteiger partial charge >= 0.3 is 0 Å². The van der Waals surface area contributed by atoms with Gasteiger partial charge in [-0.05, 0) is 35.9 Å². The molecule has 0 aliphatic carbocycles. The summed E-state index contributed by atoms with van der Waals surface area (Å²) in [6, 6.07) is 8.34. The first-order valence-corrected chi connectivity index (χ1v) is 6.25. The maximum absolute atomic E-state index is 12.9. The van der Waals surface area contributed by atoms with Crippen LogP contribution in [0.5, 0.6) is 17.2 Å². The lowest BCUT2D eigenvalue weighted by atomic mass is 9.97. The van der Waals surface area contributed by atoms with Gasteiger partial charge in [0.25, 0.3) is 0 Å². The third-order valence-electron chi connectivity index (χ3n) is 3.23. The summed E-state index contributed by atoms with van der Waals surface area (Å²) in [5.74, 6) is -1.44. The number of ketones is 1. The fraction of sp³-hybridized carbons (Fsp3) is 0.0625. The van der Waals surface area contributed by atoms with E-state index in [2.05, 4.69) is 0 Å². The lowest BCUT2D eigenvalue weighted by molar-refractivity contribution is 0.0996. The Morgan fingerprint density at radius 1 is 1.10 bits per heavy atom. The molecule has 0 fully saturated rings. The highest BCUT2D eigenvalue weighted by atomic mass is 19.1. The van der Waals surface area contributed by atoms with Gasteiger partial charge in [0.2, 0.25) is 0 Å². The number of carbonyl (C=O) groups is 1. The van der Waals surface area contributed by atoms with Crippen molar-refractivity contribution in [3.05, 3.63) is 58.9 Å². The van der Waals surface area contributed by atoms with E-state index in [9.17, 15) is 19.4 Å². The molecule has 0 bridgehead atoms. The van der Waals surface area contributed by atoms with Crippen LogP contribution in [0.3, 0.4) is 0 Å². The van der Waals surface area contributed by atoms with Gasteiger partial charge in [-0.25, -0.2) is 4.39 Å². The van der Waals surface area contributed by atoms with Crippen molar-refractivity contribution in [1.82, 2.24) is 0 Å². The number of halogens is 1. The summed E-state index contributed by atoms with van der Waals surface area (Å²) in [5.41, 5.74) is 0.899. The van der Waals surface area contributed by atoms with E-state index in [0.717, 1.165) is 0 Å². The lowest BCUT2D eigenvalue weighted by Crippen LogP contribution is -2.19. The highest BCUT2D eigenvalue weighted by molar-refractivity contribution is 6.16. The Balaban J connectivity index is 2.02. The molecular weight excluding hydrogens is 275 g/mol. The summed E-state index contributed by atoms with van der Waals surface area (Å²) in [6.07, 6.45) is 1.56. The second kappa shape index (κ2) is 4.94. The molecule has 0 spiro atoms. The number of hydrogen-bond donors (Lipinski definition) is 2. The first-order chi connectivity index (χ1) is 10.1. The predicted molar refractivity (Wildman–Crippen MR) is 74.0 cm³/mol. The van der Waals surface area contributed by atoms with Gasteiger partial charge in [-0.3, -0.25) is 4.79 Å². The van der Waals surface area contributed by atoms with Crippen molar-refractivity contribution in [2.75, 3.05) is 6.61 Å². The Labute approximate surface area is 119 Å². The molecule has 0 radical (unpaired) electrons. The SMILES string of the molecule is O=C1/C(=C/c2ccc(F)cc2)COc2ccc(O)c(O)c21. The van der Waals surface area contributed by atoms with Crippen molar-refractivity contribution in [2.24, 2.45) is 0 Å². The molecule has 2 N–H and O–H groups in total. The van der Waals surface area contributed by atoms with Crippen LogP contribution >= 0.6 is 0 Å². The lowest BCUT2D eigenvalue weighted by Gasteiger charge is -2.20. The Bertz CT molecular complexity index is 748. The molecule has 2 aromatic carbocycles. The monoisotopic (exact) mass is 286 g/mol. The Morgan fingerprint density at radius 3 is 2.52 bits per heavy atom. The highest BCUT2D eigenvalue weighted by Gasteiger charge is 2.28. The van der Waals surface area contributed by atoms with Crippen molar-refractivity contribution in [3.8, 4) is 17.2 Å². The molecule has 5 heteroatoms. The van der Waals surface area contributed by atoms with Crippen LogP contribution in [-0.4, -0.2) is 22.6 Å². The topological polar surface area (TPSA) is 66.8 Å². The number of carbonyl (C=O) groups excluding carboxylic acids is 1. The third kappa shape index (κ3) is 2.33. The van der Waals surface area contributed by atoms with Gasteiger partial charge in [-0.15, -0.1) is 0 Å². The van der Waals surface area contributed by atoms with Crippen LogP contribution < -0.4 is 4.74 Å². The molecule has 0 unspecified atom stereocenters. The predicted octanol–water partition coefficient (Wildman–Crippen LogP) is 2.90. The Kier molecular flexibility index (Phi) is 3.10. The molecule has 0 amide bonds. The first kappa shape index (κ1) is 13.2. The van der Waals surface area contributed by atoms with Crippen LogP contribution in [-0.2, 0) is 0 Å². The number of ether oxygens (including phenoxy) is 1. The number of Topliss-reactive ketones (excluding diaryl/α,β-unsaturated/α-hetero) is 1. The van der Waals surface area contributed by atoms with Gasteiger partial charge in [-0.1, -0.05) is 12.1 Å². The number of phenolic OH excluding ortho intramolecular Hbond substituents is 2. The number of benzene rings is 2. The summed E-state index contributed by atoms with van der Waals surface area (Å²) >= 11 is 0. The molecule has 21 heavy (non-hydrogen) atoms. The summed E-state index contributed by atoms with van der Waals surface area (Å²) in [4.78, 5) is 12.4. The van der Waals surface area contributed by atoms with E-state index in [-0.39, 0.29) is 29.5 Å². The minimum absolute atomic E-state index is 0.0490. The summed E-state index contributed by atoms with van der Waals surface area (Å²) in [5, 5.41) is 19.3. The summed E-state index contributed by atoms with van der Waals surface area (Å²) < 4.78 is 18.3. The van der Waals surface area contributed by atoms with E-state index in [1.54, 1.807) is 6.08 Å². The molecule has 0 saturated heterocycles. The van der Waals surface area contributed by atoms with E-state index < -0.39 is 11.5 Å². The zero-order valence-corrected chi connectivity index (χ0v) is 10.8.